The van der Waals surface area contributed by atoms with Crippen molar-refractivity contribution in [3.8, 4) is 0 Å². The van der Waals surface area contributed by atoms with E-state index in [-0.39, 0.29) is 11.1 Å². The van der Waals surface area contributed by atoms with Crippen LogP contribution in [-0.2, 0) is 6.42 Å². The Morgan fingerprint density at radius 1 is 0.864 bits per heavy atom. The van der Waals surface area contributed by atoms with Crippen molar-refractivity contribution >= 4 is 12.4 Å². The third kappa shape index (κ3) is 3.78. The number of hydrogen-bond donors (Lipinski definition) is 0. The predicted molar refractivity (Wildman–Crippen MR) is 77.3 cm³/mol. The average molecular weight is 308 g/mol. The molecule has 0 bridgehead atoms. The molecule has 0 heterocycles. The quantitative estimate of drug-likeness (QED) is 0.349. The largest absolute Gasteiger partial charge is 0.206 e. The Kier molecular flexibility index (Phi) is 5.04. The second-order valence-electron chi connectivity index (χ2n) is 4.50. The molecule has 0 atom stereocenters. The first-order valence-corrected chi connectivity index (χ1v) is 6.50. The van der Waals surface area contributed by atoms with Gasteiger partial charge in [0.25, 0.3) is 0 Å². The summed E-state index contributed by atoms with van der Waals surface area (Å²) < 4.78 is 52.4. The normalized spacial score (nSPS) is 11.7. The van der Waals surface area contributed by atoms with Crippen LogP contribution in [0.15, 0.2) is 40.5 Å². The molecule has 0 radical (unpaired) electrons. The Bertz CT molecular complexity index is 716. The third-order valence-corrected chi connectivity index (χ3v) is 2.95. The number of rotatable bonds is 4. The van der Waals surface area contributed by atoms with Gasteiger partial charge in [-0.05, 0) is 30.2 Å². The van der Waals surface area contributed by atoms with Crippen LogP contribution in [0.2, 0.25) is 0 Å². The van der Waals surface area contributed by atoms with Gasteiger partial charge in [0.05, 0.1) is 12.4 Å². The molecule has 2 aromatic rings. The van der Waals surface area contributed by atoms with Crippen LogP contribution in [0.4, 0.5) is 17.6 Å². The molecule has 22 heavy (non-hydrogen) atoms. The summed E-state index contributed by atoms with van der Waals surface area (Å²) in [4.78, 5) is 0. The molecule has 0 saturated heterocycles. The number of benzene rings is 2. The summed E-state index contributed by atoms with van der Waals surface area (Å²) in [6, 6.07) is 6.29. The molecule has 0 aromatic heterocycles. The van der Waals surface area contributed by atoms with Crippen LogP contribution in [-0.4, -0.2) is 12.4 Å². The van der Waals surface area contributed by atoms with Gasteiger partial charge in [-0.2, -0.15) is 10.2 Å². The third-order valence-electron chi connectivity index (χ3n) is 2.95. The molecule has 0 unspecified atom stereocenters. The molecule has 0 N–H and O–H groups in total. The van der Waals surface area contributed by atoms with Crippen molar-refractivity contribution in [3.05, 3.63) is 70.3 Å². The zero-order valence-corrected chi connectivity index (χ0v) is 11.7. The molecule has 0 aliphatic heterocycles. The fraction of sp³-hybridized carbons (Fsp3) is 0.125. The van der Waals surface area contributed by atoms with Gasteiger partial charge < -0.3 is 0 Å². The van der Waals surface area contributed by atoms with E-state index in [0.29, 0.717) is 6.42 Å². The summed E-state index contributed by atoms with van der Waals surface area (Å²) in [6.45, 7) is 1.91. The Hall–Kier alpha value is -2.50. The van der Waals surface area contributed by atoms with E-state index in [4.69, 9.17) is 0 Å². The van der Waals surface area contributed by atoms with Crippen molar-refractivity contribution < 1.29 is 17.6 Å². The Morgan fingerprint density at radius 3 is 2.09 bits per heavy atom. The minimum absolute atomic E-state index is 0.00959. The SMILES string of the molecule is CCc1ccc(/C=N/N=C/c2cc(F)c(F)c(F)c2)c(F)c1. The number of hydrogen-bond acceptors (Lipinski definition) is 2. The van der Waals surface area contributed by atoms with Crippen LogP contribution in [0.1, 0.15) is 23.6 Å². The van der Waals surface area contributed by atoms with Gasteiger partial charge in [0.15, 0.2) is 17.5 Å². The molecule has 0 aliphatic rings. The molecule has 114 valence electrons. The molecule has 0 aliphatic carbocycles. The monoisotopic (exact) mass is 308 g/mol. The highest BCUT2D eigenvalue weighted by atomic mass is 19.2. The molecule has 2 rings (SSSR count). The summed E-state index contributed by atoms with van der Waals surface area (Å²) in [5.41, 5.74) is 1.11. The average Bonchev–Trinajstić information content (AvgIpc) is 2.50. The highest BCUT2D eigenvalue weighted by Crippen LogP contribution is 2.12. The van der Waals surface area contributed by atoms with Gasteiger partial charge in [0.2, 0.25) is 0 Å². The van der Waals surface area contributed by atoms with Crippen molar-refractivity contribution in [2.45, 2.75) is 13.3 Å². The Labute approximate surface area is 124 Å². The molecular weight excluding hydrogens is 296 g/mol. The number of halogens is 4. The number of nitrogens with zero attached hydrogens (tertiary/aromatic N) is 2. The van der Waals surface area contributed by atoms with E-state index in [1.807, 2.05) is 6.92 Å². The fourth-order valence-corrected chi connectivity index (χ4v) is 1.74. The zero-order chi connectivity index (χ0) is 16.1. The van der Waals surface area contributed by atoms with Gasteiger partial charge in [-0.3, -0.25) is 0 Å². The highest BCUT2D eigenvalue weighted by molar-refractivity contribution is 5.82. The van der Waals surface area contributed by atoms with Crippen LogP contribution in [0, 0.1) is 23.3 Å². The first kappa shape index (κ1) is 15.9. The molecular formula is C16H12F4N2. The number of aryl methyl sites for hydroxylation is 1. The van der Waals surface area contributed by atoms with Crippen molar-refractivity contribution in [2.24, 2.45) is 10.2 Å². The summed E-state index contributed by atoms with van der Waals surface area (Å²) >= 11 is 0. The molecule has 0 fully saturated rings. The lowest BCUT2D eigenvalue weighted by Gasteiger charge is -1.99. The van der Waals surface area contributed by atoms with Gasteiger partial charge in [-0.15, -0.1) is 0 Å². The van der Waals surface area contributed by atoms with Gasteiger partial charge in [-0.1, -0.05) is 19.1 Å². The minimum atomic E-state index is -1.54. The van der Waals surface area contributed by atoms with E-state index in [1.54, 1.807) is 12.1 Å². The minimum Gasteiger partial charge on any atom is -0.206 e. The second kappa shape index (κ2) is 6.98. The smallest absolute Gasteiger partial charge is 0.194 e. The Balaban J connectivity index is 2.12. The maximum atomic E-state index is 13.7. The molecule has 6 heteroatoms. The lowest BCUT2D eigenvalue weighted by molar-refractivity contribution is 0.447. The fourth-order valence-electron chi connectivity index (χ4n) is 1.74. The summed E-state index contributed by atoms with van der Waals surface area (Å²) in [7, 11) is 0. The summed E-state index contributed by atoms with van der Waals surface area (Å²) in [6.07, 6.45) is 2.94. The van der Waals surface area contributed by atoms with E-state index < -0.39 is 23.3 Å². The van der Waals surface area contributed by atoms with E-state index in [1.165, 1.54) is 12.3 Å². The lowest BCUT2D eigenvalue weighted by Crippen LogP contribution is -1.93. The van der Waals surface area contributed by atoms with E-state index >= 15 is 0 Å². The lowest BCUT2D eigenvalue weighted by atomic mass is 10.1. The molecule has 2 nitrogen and oxygen atoms in total. The van der Waals surface area contributed by atoms with Crippen LogP contribution in [0.25, 0.3) is 0 Å². The van der Waals surface area contributed by atoms with Crippen molar-refractivity contribution in [1.82, 2.24) is 0 Å². The summed E-state index contributed by atoms with van der Waals surface area (Å²) in [5.74, 6) is -4.60. The second-order valence-corrected chi connectivity index (χ2v) is 4.50. The Morgan fingerprint density at radius 2 is 1.50 bits per heavy atom. The van der Waals surface area contributed by atoms with E-state index in [2.05, 4.69) is 10.2 Å². The first-order chi connectivity index (χ1) is 10.5. The van der Waals surface area contributed by atoms with E-state index in [0.717, 1.165) is 23.9 Å². The van der Waals surface area contributed by atoms with E-state index in [9.17, 15) is 17.6 Å². The van der Waals surface area contributed by atoms with Crippen molar-refractivity contribution in [1.29, 1.82) is 0 Å². The van der Waals surface area contributed by atoms with Crippen LogP contribution in [0.5, 0.6) is 0 Å². The van der Waals surface area contributed by atoms with Crippen LogP contribution >= 0.6 is 0 Å². The zero-order valence-electron chi connectivity index (χ0n) is 11.7. The maximum Gasteiger partial charge on any atom is 0.194 e. The highest BCUT2D eigenvalue weighted by Gasteiger charge is 2.09. The van der Waals surface area contributed by atoms with Gasteiger partial charge >= 0.3 is 0 Å². The molecule has 0 spiro atoms. The van der Waals surface area contributed by atoms with Gasteiger partial charge in [-0.25, -0.2) is 17.6 Å². The molecule has 0 saturated carbocycles. The predicted octanol–water partition coefficient (Wildman–Crippen LogP) is 4.26. The first-order valence-electron chi connectivity index (χ1n) is 6.50. The summed E-state index contributed by atoms with van der Waals surface area (Å²) in [5, 5.41) is 7.16. The van der Waals surface area contributed by atoms with Crippen LogP contribution < -0.4 is 0 Å². The maximum absolute atomic E-state index is 13.7. The van der Waals surface area contributed by atoms with Gasteiger partial charge in [0.1, 0.15) is 5.82 Å². The van der Waals surface area contributed by atoms with Crippen LogP contribution in [0.3, 0.4) is 0 Å². The van der Waals surface area contributed by atoms with Gasteiger partial charge in [0, 0.05) is 11.1 Å². The molecule has 2 aromatic carbocycles. The van der Waals surface area contributed by atoms with Crippen molar-refractivity contribution in [2.75, 3.05) is 0 Å². The van der Waals surface area contributed by atoms with Crippen molar-refractivity contribution in [3.63, 3.8) is 0 Å². The molecule has 0 amide bonds. The standard InChI is InChI=1S/C16H12F4N2/c1-2-10-3-4-12(13(17)5-10)9-22-21-8-11-6-14(18)16(20)15(19)7-11/h3-9H,2H2,1H3/b21-8+,22-9+. The topological polar surface area (TPSA) is 24.7 Å².